The van der Waals surface area contributed by atoms with Crippen molar-refractivity contribution in [2.75, 3.05) is 20.1 Å². The SMILES string of the molecule is CN/C=C(\C=N)c1cn2nccc2c(OC2CCN(C(=O)OC(C)(C)C)CC2)n1. The molecule has 2 N–H and O–H groups in total. The Morgan fingerprint density at radius 2 is 2.07 bits per heavy atom. The van der Waals surface area contributed by atoms with Crippen molar-refractivity contribution in [1.29, 1.82) is 5.41 Å². The lowest BCUT2D eigenvalue weighted by Gasteiger charge is -2.33. The first-order chi connectivity index (χ1) is 13.8. The van der Waals surface area contributed by atoms with Crippen molar-refractivity contribution in [3.05, 3.63) is 30.4 Å². The Hall–Kier alpha value is -3.10. The minimum absolute atomic E-state index is 0.0631. The van der Waals surface area contributed by atoms with Crippen LogP contribution >= 0.6 is 0 Å². The van der Waals surface area contributed by atoms with Gasteiger partial charge in [-0.05, 0) is 26.8 Å². The molecule has 0 spiro atoms. The maximum absolute atomic E-state index is 12.2. The average Bonchev–Trinajstić information content (AvgIpc) is 3.14. The van der Waals surface area contributed by atoms with Gasteiger partial charge in [-0.2, -0.15) is 5.10 Å². The fourth-order valence-electron chi connectivity index (χ4n) is 3.11. The summed E-state index contributed by atoms with van der Waals surface area (Å²) in [5.74, 6) is 0.472. The minimum atomic E-state index is -0.504. The van der Waals surface area contributed by atoms with Gasteiger partial charge in [0.25, 0.3) is 0 Å². The predicted molar refractivity (Wildman–Crippen MR) is 110 cm³/mol. The zero-order valence-corrected chi connectivity index (χ0v) is 17.3. The number of hydrogen-bond acceptors (Lipinski definition) is 7. The molecule has 9 nitrogen and oxygen atoms in total. The Morgan fingerprint density at radius 3 is 2.69 bits per heavy atom. The fraction of sp³-hybridized carbons (Fsp3) is 0.500. The van der Waals surface area contributed by atoms with Gasteiger partial charge in [0.05, 0.1) is 18.1 Å². The summed E-state index contributed by atoms with van der Waals surface area (Å²) in [6.07, 6.45) is 7.41. The normalized spacial score (nSPS) is 16.0. The van der Waals surface area contributed by atoms with E-state index < -0.39 is 5.60 Å². The number of rotatable bonds is 5. The molecule has 0 aromatic carbocycles. The van der Waals surface area contributed by atoms with E-state index in [0.29, 0.717) is 43.1 Å². The molecule has 9 heteroatoms. The van der Waals surface area contributed by atoms with Crippen LogP contribution in [-0.2, 0) is 4.74 Å². The van der Waals surface area contributed by atoms with Crippen LogP contribution in [0.25, 0.3) is 11.1 Å². The van der Waals surface area contributed by atoms with Crippen LogP contribution in [0.5, 0.6) is 5.88 Å². The Morgan fingerprint density at radius 1 is 1.34 bits per heavy atom. The van der Waals surface area contributed by atoms with E-state index in [1.807, 2.05) is 26.8 Å². The molecule has 0 saturated carbocycles. The molecule has 3 rings (SSSR count). The predicted octanol–water partition coefficient (Wildman–Crippen LogP) is 2.72. The molecular weight excluding hydrogens is 372 g/mol. The van der Waals surface area contributed by atoms with E-state index in [1.165, 1.54) is 6.21 Å². The summed E-state index contributed by atoms with van der Waals surface area (Å²) in [5.41, 5.74) is 1.47. The zero-order chi connectivity index (χ0) is 21.0. The largest absolute Gasteiger partial charge is 0.473 e. The van der Waals surface area contributed by atoms with Crippen molar-refractivity contribution in [3.8, 4) is 5.88 Å². The molecule has 0 aliphatic carbocycles. The molecule has 1 fully saturated rings. The number of piperidine rings is 1. The van der Waals surface area contributed by atoms with Gasteiger partial charge in [-0.1, -0.05) is 0 Å². The number of fused-ring (bicyclic) bond motifs is 1. The molecule has 0 bridgehead atoms. The summed E-state index contributed by atoms with van der Waals surface area (Å²) in [4.78, 5) is 18.6. The van der Waals surface area contributed by atoms with E-state index in [9.17, 15) is 4.79 Å². The highest BCUT2D eigenvalue weighted by atomic mass is 16.6. The quantitative estimate of drug-likeness (QED) is 0.748. The molecule has 0 radical (unpaired) electrons. The van der Waals surface area contributed by atoms with Gasteiger partial charge in [-0.15, -0.1) is 0 Å². The second-order valence-corrected chi connectivity index (χ2v) is 7.91. The van der Waals surface area contributed by atoms with Crippen LogP contribution in [0.4, 0.5) is 4.79 Å². The maximum Gasteiger partial charge on any atom is 0.410 e. The molecule has 156 valence electrons. The number of carbonyl (C=O) groups is 1. The summed E-state index contributed by atoms with van der Waals surface area (Å²) in [7, 11) is 1.77. The lowest BCUT2D eigenvalue weighted by Crippen LogP contribution is -2.44. The Labute approximate surface area is 170 Å². The third kappa shape index (κ3) is 5.04. The second kappa shape index (κ2) is 8.50. The Bertz CT molecular complexity index is 907. The van der Waals surface area contributed by atoms with Crippen molar-refractivity contribution in [1.82, 2.24) is 24.8 Å². The summed E-state index contributed by atoms with van der Waals surface area (Å²) in [5, 5.41) is 14.8. The smallest absolute Gasteiger partial charge is 0.410 e. The van der Waals surface area contributed by atoms with Crippen LogP contribution < -0.4 is 10.1 Å². The van der Waals surface area contributed by atoms with Gasteiger partial charge >= 0.3 is 6.09 Å². The van der Waals surface area contributed by atoms with E-state index in [-0.39, 0.29) is 12.2 Å². The van der Waals surface area contributed by atoms with Crippen LogP contribution in [0, 0.1) is 5.41 Å². The number of nitrogens with one attached hydrogen (secondary N) is 2. The second-order valence-electron chi connectivity index (χ2n) is 7.91. The summed E-state index contributed by atoms with van der Waals surface area (Å²) in [6.45, 7) is 6.73. The third-order valence-electron chi connectivity index (χ3n) is 4.48. The lowest BCUT2D eigenvalue weighted by atomic mass is 10.1. The van der Waals surface area contributed by atoms with Gasteiger partial charge in [0.15, 0.2) is 0 Å². The van der Waals surface area contributed by atoms with Gasteiger partial charge in [0, 0.05) is 51.0 Å². The standard InChI is InChI=1S/C20H28N6O3/c1-20(2,3)29-19(27)25-9-6-15(7-10-25)28-18-17-5-8-23-26(17)13-16(24-18)14(11-21)12-22-4/h5,8,11-13,15,21-22H,6-7,9-10H2,1-4H3/b14-12+,21-11?. The topological polar surface area (TPSA) is 105 Å². The van der Waals surface area contributed by atoms with Crippen molar-refractivity contribution < 1.29 is 14.3 Å². The number of allylic oxidation sites excluding steroid dienone is 1. The number of hydrogen-bond donors (Lipinski definition) is 2. The van der Waals surface area contributed by atoms with Gasteiger partial charge in [0.2, 0.25) is 5.88 Å². The van der Waals surface area contributed by atoms with Crippen molar-refractivity contribution in [2.24, 2.45) is 0 Å². The van der Waals surface area contributed by atoms with Gasteiger partial charge < -0.3 is 25.1 Å². The van der Waals surface area contributed by atoms with Gasteiger partial charge in [-0.25, -0.2) is 14.3 Å². The fourth-order valence-corrected chi connectivity index (χ4v) is 3.11. The molecule has 1 aliphatic rings. The molecule has 2 aromatic rings. The summed E-state index contributed by atoms with van der Waals surface area (Å²) in [6, 6.07) is 1.84. The van der Waals surface area contributed by atoms with Crippen LogP contribution in [0.15, 0.2) is 24.7 Å². The first kappa shape index (κ1) is 20.6. The molecule has 0 atom stereocenters. The van der Waals surface area contributed by atoms with Crippen molar-refractivity contribution in [2.45, 2.75) is 45.3 Å². The molecule has 29 heavy (non-hydrogen) atoms. The molecule has 1 aliphatic heterocycles. The van der Waals surface area contributed by atoms with E-state index in [4.69, 9.17) is 14.9 Å². The first-order valence-corrected chi connectivity index (χ1v) is 9.68. The van der Waals surface area contributed by atoms with E-state index in [2.05, 4.69) is 15.4 Å². The molecule has 0 unspecified atom stereocenters. The number of ether oxygens (including phenoxy) is 2. The average molecular weight is 400 g/mol. The number of nitrogens with zero attached hydrogens (tertiary/aromatic N) is 4. The molecular formula is C20H28N6O3. The van der Waals surface area contributed by atoms with Crippen molar-refractivity contribution >= 4 is 23.4 Å². The monoisotopic (exact) mass is 400 g/mol. The van der Waals surface area contributed by atoms with Crippen LogP contribution in [-0.4, -0.2) is 63.6 Å². The number of aromatic nitrogens is 3. The van der Waals surface area contributed by atoms with E-state index >= 15 is 0 Å². The van der Waals surface area contributed by atoms with Crippen LogP contribution in [0.3, 0.4) is 0 Å². The van der Waals surface area contributed by atoms with Gasteiger partial charge in [-0.3, -0.25) is 0 Å². The van der Waals surface area contributed by atoms with Crippen LogP contribution in [0.2, 0.25) is 0 Å². The summed E-state index contributed by atoms with van der Waals surface area (Å²) < 4.78 is 13.3. The highest BCUT2D eigenvalue weighted by Crippen LogP contribution is 2.25. The number of likely N-dealkylation sites (tertiary alicyclic amines) is 1. The summed E-state index contributed by atoms with van der Waals surface area (Å²) >= 11 is 0. The van der Waals surface area contributed by atoms with Gasteiger partial charge in [0.1, 0.15) is 17.2 Å². The maximum atomic E-state index is 12.2. The van der Waals surface area contributed by atoms with Crippen LogP contribution in [0.1, 0.15) is 39.3 Å². The van der Waals surface area contributed by atoms with Crippen molar-refractivity contribution in [3.63, 3.8) is 0 Å². The molecule has 3 heterocycles. The molecule has 1 saturated heterocycles. The first-order valence-electron chi connectivity index (χ1n) is 9.68. The highest BCUT2D eigenvalue weighted by Gasteiger charge is 2.28. The van der Waals surface area contributed by atoms with E-state index in [1.54, 1.807) is 35.1 Å². The molecule has 2 aromatic heterocycles. The highest BCUT2D eigenvalue weighted by molar-refractivity contribution is 6.07. The molecule has 1 amide bonds. The third-order valence-corrected chi connectivity index (χ3v) is 4.48. The minimum Gasteiger partial charge on any atom is -0.473 e. The Balaban J connectivity index is 1.72. The number of amides is 1. The lowest BCUT2D eigenvalue weighted by molar-refractivity contribution is 0.0124. The van der Waals surface area contributed by atoms with E-state index in [0.717, 1.165) is 5.52 Å². The Kier molecular flexibility index (Phi) is 6.05. The zero-order valence-electron chi connectivity index (χ0n) is 17.3. The number of carbonyl (C=O) groups excluding carboxylic acids is 1.